The Hall–Kier alpha value is -7.61. The first-order valence-corrected chi connectivity index (χ1v) is 25.3. The van der Waals surface area contributed by atoms with Gasteiger partial charge in [-0.1, -0.05) is 231 Å². The molecular formula is C66H45B3. The van der Waals surface area contributed by atoms with Gasteiger partial charge in [-0.2, -0.15) is 0 Å². The molecule has 6 aliphatic rings. The topological polar surface area (TPSA) is 0 Å². The predicted molar refractivity (Wildman–Crippen MR) is 292 cm³/mol. The van der Waals surface area contributed by atoms with Crippen molar-refractivity contribution in [1.82, 2.24) is 0 Å². The average Bonchev–Trinajstić information content (AvgIpc) is 3.40. The minimum Gasteiger partial charge on any atom is -0.0667 e. The van der Waals surface area contributed by atoms with Crippen LogP contribution >= 0.6 is 0 Å². The van der Waals surface area contributed by atoms with Crippen molar-refractivity contribution in [3.05, 3.63) is 267 Å². The van der Waals surface area contributed by atoms with Crippen LogP contribution in [0.5, 0.6) is 0 Å². The Labute approximate surface area is 406 Å². The third-order valence-electron chi connectivity index (χ3n) is 17.5. The maximum atomic E-state index is 2.56. The normalized spacial score (nSPS) is 14.5. The Kier molecular flexibility index (Phi) is 8.04. The first-order valence-electron chi connectivity index (χ1n) is 25.3. The van der Waals surface area contributed by atoms with E-state index in [9.17, 15) is 0 Å². The quantitative estimate of drug-likeness (QED) is 0.160. The molecule has 0 spiro atoms. The van der Waals surface area contributed by atoms with E-state index in [1.54, 1.807) is 16.4 Å². The van der Waals surface area contributed by atoms with Gasteiger partial charge in [0.2, 0.25) is 20.1 Å². The van der Waals surface area contributed by atoms with E-state index >= 15 is 0 Å². The smallest absolute Gasteiger partial charge is 0.0667 e. The van der Waals surface area contributed by atoms with Crippen molar-refractivity contribution < 1.29 is 0 Å². The molecular weight excluding hydrogens is 825 g/mol. The number of hydrogen-bond donors (Lipinski definition) is 0. The molecule has 0 saturated heterocycles. The van der Waals surface area contributed by atoms with Crippen LogP contribution in [-0.4, -0.2) is 20.1 Å². The summed E-state index contributed by atoms with van der Waals surface area (Å²) in [7, 11) is 0. The molecule has 3 heteroatoms. The summed E-state index contributed by atoms with van der Waals surface area (Å²) in [5, 5.41) is 0. The molecule has 0 aromatic heterocycles. The van der Waals surface area contributed by atoms with Crippen LogP contribution in [-0.2, 0) is 38.5 Å². The molecule has 0 radical (unpaired) electrons. The second-order valence-corrected chi connectivity index (χ2v) is 20.8. The number of benzene rings is 10. The van der Waals surface area contributed by atoms with Crippen LogP contribution in [0, 0.1) is 0 Å². The zero-order valence-corrected chi connectivity index (χ0v) is 38.5. The second kappa shape index (κ2) is 14.5. The molecule has 0 unspecified atom stereocenters. The maximum Gasteiger partial charge on any atom is 0.242 e. The SMILES string of the molecule is c1ccc2c(c1)Cc1cccc3c1B2c1cccc(-c2cc(-c4cccc5c4Cc4cccc6c4B5c4ccccc4C6)cc(-c4cccc5c4Cc4cccc6c4B5c4ccccc4C6)c2)c1C3. The molecule has 0 atom stereocenters. The van der Waals surface area contributed by atoms with E-state index in [1.165, 1.54) is 133 Å². The molecule has 318 valence electrons. The highest BCUT2D eigenvalue weighted by Crippen LogP contribution is 2.40. The summed E-state index contributed by atoms with van der Waals surface area (Å²) in [4.78, 5) is 0. The fourth-order valence-electron chi connectivity index (χ4n) is 14.7. The molecule has 6 aliphatic heterocycles. The lowest BCUT2D eigenvalue weighted by Crippen LogP contribution is -2.61. The number of rotatable bonds is 3. The van der Waals surface area contributed by atoms with Gasteiger partial charge in [-0.25, -0.2) is 0 Å². The predicted octanol–water partition coefficient (Wildman–Crippen LogP) is 7.66. The van der Waals surface area contributed by atoms with Crippen LogP contribution in [0.3, 0.4) is 0 Å². The standard InChI is InChI=1S/C66H45B3/c1-4-25-58-40(13-1)31-43-16-7-19-46-37-55-52(22-10-28-61(55)67(58)64(43)46)49-34-50(53-23-11-29-62-56(53)38-47-20-8-17-44-32-41-14-2-5-26-59(41)68(62)65(44)47)36-51(35-49)54-24-12-30-63-57(54)39-48-21-9-18-45-33-42-15-3-6-27-60(42)69(63)66(45)48/h1-30,34-36H,31-33,37-39H2. The lowest BCUT2D eigenvalue weighted by atomic mass is 9.30. The van der Waals surface area contributed by atoms with Crippen molar-refractivity contribution in [1.29, 1.82) is 0 Å². The van der Waals surface area contributed by atoms with E-state index in [2.05, 4.69) is 200 Å². The van der Waals surface area contributed by atoms with Crippen molar-refractivity contribution in [3.8, 4) is 33.4 Å². The first kappa shape index (κ1) is 38.4. The van der Waals surface area contributed by atoms with E-state index in [-0.39, 0.29) is 20.1 Å². The van der Waals surface area contributed by atoms with Crippen LogP contribution in [0.2, 0.25) is 0 Å². The van der Waals surface area contributed by atoms with Crippen LogP contribution < -0.4 is 49.2 Å². The Morgan fingerprint density at radius 3 is 0.783 bits per heavy atom. The molecule has 6 heterocycles. The number of hydrogen-bond acceptors (Lipinski definition) is 0. The van der Waals surface area contributed by atoms with E-state index in [4.69, 9.17) is 0 Å². The summed E-state index contributed by atoms with van der Waals surface area (Å²) < 4.78 is 0. The van der Waals surface area contributed by atoms with Gasteiger partial charge in [0, 0.05) is 0 Å². The molecule has 0 nitrogen and oxygen atoms in total. The summed E-state index contributed by atoms with van der Waals surface area (Å²) in [5.74, 6) is 0. The maximum absolute atomic E-state index is 2.56. The van der Waals surface area contributed by atoms with Gasteiger partial charge >= 0.3 is 0 Å². The van der Waals surface area contributed by atoms with Gasteiger partial charge in [0.15, 0.2) is 0 Å². The van der Waals surface area contributed by atoms with E-state index in [1.807, 2.05) is 0 Å². The summed E-state index contributed by atoms with van der Waals surface area (Å²) in [5.41, 5.74) is 39.1. The molecule has 0 N–H and O–H groups in total. The molecule has 0 saturated carbocycles. The van der Waals surface area contributed by atoms with Gasteiger partial charge in [-0.05, 0) is 157 Å². The van der Waals surface area contributed by atoms with Crippen LogP contribution in [0.15, 0.2) is 200 Å². The van der Waals surface area contributed by atoms with E-state index in [0.717, 1.165) is 38.5 Å². The highest BCUT2D eigenvalue weighted by atomic mass is 14.3. The van der Waals surface area contributed by atoms with Crippen LogP contribution in [0.1, 0.15) is 66.8 Å². The Balaban J connectivity index is 0.935. The van der Waals surface area contributed by atoms with Crippen molar-refractivity contribution in [2.45, 2.75) is 38.5 Å². The van der Waals surface area contributed by atoms with Crippen LogP contribution in [0.25, 0.3) is 33.4 Å². The molecule has 0 amide bonds. The third kappa shape index (κ3) is 5.51. The summed E-state index contributed by atoms with van der Waals surface area (Å²) in [6.45, 7) is 0.712. The lowest BCUT2D eigenvalue weighted by molar-refractivity contribution is 1.14. The van der Waals surface area contributed by atoms with Crippen molar-refractivity contribution in [3.63, 3.8) is 0 Å². The minimum absolute atomic E-state index is 0.237. The van der Waals surface area contributed by atoms with Gasteiger partial charge in [0.05, 0.1) is 0 Å². The van der Waals surface area contributed by atoms with Crippen LogP contribution in [0.4, 0.5) is 0 Å². The molecule has 0 fully saturated rings. The highest BCUT2D eigenvalue weighted by Gasteiger charge is 2.41. The minimum atomic E-state index is 0.237. The number of fused-ring (bicyclic) bond motifs is 12. The molecule has 16 rings (SSSR count). The fraction of sp³-hybridized carbons (Fsp3) is 0.0909. The Morgan fingerprint density at radius 2 is 0.464 bits per heavy atom. The highest BCUT2D eigenvalue weighted by molar-refractivity contribution is 6.98. The first-order chi connectivity index (χ1) is 34.2. The molecule has 0 bridgehead atoms. The van der Waals surface area contributed by atoms with Gasteiger partial charge in [-0.3, -0.25) is 0 Å². The summed E-state index contributed by atoms with van der Waals surface area (Å²) >= 11 is 0. The molecule has 10 aromatic rings. The summed E-state index contributed by atoms with van der Waals surface area (Å²) in [6, 6.07) is 78.3. The zero-order valence-electron chi connectivity index (χ0n) is 38.5. The lowest BCUT2D eigenvalue weighted by Gasteiger charge is -2.35. The monoisotopic (exact) mass is 870 g/mol. The van der Waals surface area contributed by atoms with Crippen molar-refractivity contribution in [2.75, 3.05) is 0 Å². The molecule has 10 aromatic carbocycles. The average molecular weight is 871 g/mol. The van der Waals surface area contributed by atoms with E-state index < -0.39 is 0 Å². The summed E-state index contributed by atoms with van der Waals surface area (Å²) in [6.07, 6.45) is 5.85. The Morgan fingerprint density at radius 1 is 0.217 bits per heavy atom. The molecule has 69 heavy (non-hydrogen) atoms. The Bertz CT molecular complexity index is 3480. The fourth-order valence-corrected chi connectivity index (χ4v) is 14.7. The van der Waals surface area contributed by atoms with Crippen molar-refractivity contribution in [2.24, 2.45) is 0 Å². The largest absolute Gasteiger partial charge is 0.242 e. The van der Waals surface area contributed by atoms with Gasteiger partial charge in [0.25, 0.3) is 0 Å². The molecule has 0 aliphatic carbocycles. The zero-order chi connectivity index (χ0) is 44.9. The second-order valence-electron chi connectivity index (χ2n) is 20.8. The van der Waals surface area contributed by atoms with Crippen molar-refractivity contribution >= 4 is 69.3 Å². The van der Waals surface area contributed by atoms with Gasteiger partial charge < -0.3 is 0 Å². The van der Waals surface area contributed by atoms with Gasteiger partial charge in [0.1, 0.15) is 0 Å². The van der Waals surface area contributed by atoms with E-state index in [0.29, 0.717) is 0 Å². The van der Waals surface area contributed by atoms with Gasteiger partial charge in [-0.15, -0.1) is 0 Å². The third-order valence-corrected chi connectivity index (χ3v) is 17.5.